The van der Waals surface area contributed by atoms with Gasteiger partial charge in [0.05, 0.1) is 13.0 Å². The lowest BCUT2D eigenvalue weighted by molar-refractivity contribution is -0.128. The first kappa shape index (κ1) is 21.8. The number of amides is 2. The SMILES string of the molecule is CN(C)C(=O)Cc1ccc(NC(=O)Cn2c(=O)ccn(Cc3ccccc3)c2=O)cc1. The molecular formula is C23H24N4O4. The van der Waals surface area contributed by atoms with E-state index in [9.17, 15) is 19.2 Å². The van der Waals surface area contributed by atoms with Crippen LogP contribution in [0.5, 0.6) is 0 Å². The zero-order chi connectivity index (χ0) is 22.4. The van der Waals surface area contributed by atoms with Crippen molar-refractivity contribution in [2.75, 3.05) is 19.4 Å². The maximum absolute atomic E-state index is 12.7. The summed E-state index contributed by atoms with van der Waals surface area (Å²) in [4.78, 5) is 50.6. The maximum Gasteiger partial charge on any atom is 0.331 e. The van der Waals surface area contributed by atoms with Gasteiger partial charge in [-0.25, -0.2) is 4.79 Å². The zero-order valence-corrected chi connectivity index (χ0v) is 17.4. The van der Waals surface area contributed by atoms with Gasteiger partial charge < -0.3 is 10.2 Å². The van der Waals surface area contributed by atoms with E-state index in [-0.39, 0.29) is 12.3 Å². The van der Waals surface area contributed by atoms with E-state index in [4.69, 9.17) is 0 Å². The van der Waals surface area contributed by atoms with Gasteiger partial charge in [0.2, 0.25) is 11.8 Å². The highest BCUT2D eigenvalue weighted by molar-refractivity contribution is 5.90. The fraction of sp³-hybridized carbons (Fsp3) is 0.217. The summed E-state index contributed by atoms with van der Waals surface area (Å²) in [7, 11) is 3.38. The monoisotopic (exact) mass is 420 g/mol. The van der Waals surface area contributed by atoms with Gasteiger partial charge in [-0.15, -0.1) is 0 Å². The molecule has 0 saturated carbocycles. The third-order valence-corrected chi connectivity index (χ3v) is 4.73. The van der Waals surface area contributed by atoms with E-state index in [2.05, 4.69) is 5.32 Å². The Hall–Kier alpha value is -3.94. The molecule has 0 aliphatic heterocycles. The molecule has 3 aromatic rings. The molecule has 2 aromatic carbocycles. The molecule has 8 heteroatoms. The van der Waals surface area contributed by atoms with Crippen LogP contribution in [0, 0.1) is 0 Å². The van der Waals surface area contributed by atoms with Gasteiger partial charge >= 0.3 is 5.69 Å². The Morgan fingerprint density at radius 2 is 1.58 bits per heavy atom. The summed E-state index contributed by atoms with van der Waals surface area (Å²) in [5, 5.41) is 2.68. The second-order valence-corrected chi connectivity index (χ2v) is 7.35. The third-order valence-electron chi connectivity index (χ3n) is 4.73. The van der Waals surface area contributed by atoms with E-state index in [1.807, 2.05) is 30.3 Å². The quantitative estimate of drug-likeness (QED) is 0.624. The highest BCUT2D eigenvalue weighted by atomic mass is 16.2. The molecule has 2 amide bonds. The number of aromatic nitrogens is 2. The van der Waals surface area contributed by atoms with Crippen molar-refractivity contribution in [1.29, 1.82) is 0 Å². The summed E-state index contributed by atoms with van der Waals surface area (Å²) >= 11 is 0. The Morgan fingerprint density at radius 3 is 2.23 bits per heavy atom. The summed E-state index contributed by atoms with van der Waals surface area (Å²) in [5.74, 6) is -0.513. The van der Waals surface area contributed by atoms with Crippen molar-refractivity contribution >= 4 is 17.5 Å². The number of nitrogens with one attached hydrogen (secondary N) is 1. The number of carbonyl (C=O) groups is 2. The van der Waals surface area contributed by atoms with Crippen LogP contribution < -0.4 is 16.6 Å². The Kier molecular flexibility index (Phi) is 6.81. The van der Waals surface area contributed by atoms with Crippen LogP contribution in [0.2, 0.25) is 0 Å². The molecule has 31 heavy (non-hydrogen) atoms. The summed E-state index contributed by atoms with van der Waals surface area (Å²) < 4.78 is 2.29. The van der Waals surface area contributed by atoms with Gasteiger partial charge in [-0.1, -0.05) is 42.5 Å². The van der Waals surface area contributed by atoms with Gasteiger partial charge in [0.1, 0.15) is 6.54 Å². The van der Waals surface area contributed by atoms with Crippen LogP contribution in [-0.4, -0.2) is 39.9 Å². The lowest BCUT2D eigenvalue weighted by atomic mass is 10.1. The van der Waals surface area contributed by atoms with Gasteiger partial charge in [-0.2, -0.15) is 0 Å². The molecule has 0 aliphatic carbocycles. The van der Waals surface area contributed by atoms with Crippen molar-refractivity contribution < 1.29 is 9.59 Å². The molecule has 0 unspecified atom stereocenters. The standard InChI is InChI=1S/C23H24N4O4/c1-25(2)22(30)14-17-8-10-19(11-9-17)24-20(28)16-27-21(29)12-13-26(23(27)31)15-18-6-4-3-5-7-18/h3-13H,14-16H2,1-2H3,(H,24,28). The predicted molar refractivity (Wildman–Crippen MR) is 118 cm³/mol. The second-order valence-electron chi connectivity index (χ2n) is 7.35. The minimum Gasteiger partial charge on any atom is -0.349 e. The summed E-state index contributed by atoms with van der Waals surface area (Å²) in [6.07, 6.45) is 1.70. The third kappa shape index (κ3) is 5.79. The summed E-state index contributed by atoms with van der Waals surface area (Å²) in [6, 6.07) is 17.5. The smallest absolute Gasteiger partial charge is 0.331 e. The van der Waals surface area contributed by atoms with E-state index in [0.29, 0.717) is 12.2 Å². The molecule has 0 fully saturated rings. The fourth-order valence-electron chi connectivity index (χ4n) is 2.99. The van der Waals surface area contributed by atoms with Gasteiger partial charge in [0.25, 0.3) is 5.56 Å². The van der Waals surface area contributed by atoms with Crippen LogP contribution in [0.25, 0.3) is 0 Å². The van der Waals surface area contributed by atoms with Crippen LogP contribution in [0.1, 0.15) is 11.1 Å². The minimum atomic E-state index is -0.552. The lowest BCUT2D eigenvalue weighted by Crippen LogP contribution is -2.41. The van der Waals surface area contributed by atoms with Gasteiger partial charge in [0, 0.05) is 32.0 Å². The van der Waals surface area contributed by atoms with Crippen molar-refractivity contribution in [3.05, 3.63) is 98.8 Å². The van der Waals surface area contributed by atoms with E-state index in [0.717, 1.165) is 15.7 Å². The molecule has 160 valence electrons. The predicted octanol–water partition coefficient (Wildman–Crippen LogP) is 1.33. The van der Waals surface area contributed by atoms with Crippen molar-refractivity contribution in [1.82, 2.24) is 14.0 Å². The van der Waals surface area contributed by atoms with E-state index in [1.54, 1.807) is 38.4 Å². The number of nitrogens with zero attached hydrogens (tertiary/aromatic N) is 3. The van der Waals surface area contributed by atoms with E-state index >= 15 is 0 Å². The molecule has 0 bridgehead atoms. The van der Waals surface area contributed by atoms with E-state index in [1.165, 1.54) is 21.7 Å². The zero-order valence-electron chi connectivity index (χ0n) is 17.4. The Morgan fingerprint density at radius 1 is 0.903 bits per heavy atom. The van der Waals surface area contributed by atoms with Crippen molar-refractivity contribution in [2.24, 2.45) is 0 Å². The number of benzene rings is 2. The van der Waals surface area contributed by atoms with Crippen LogP contribution in [0.4, 0.5) is 5.69 Å². The number of carbonyl (C=O) groups excluding carboxylic acids is 2. The van der Waals surface area contributed by atoms with Crippen molar-refractivity contribution in [3.63, 3.8) is 0 Å². The molecule has 1 aromatic heterocycles. The second kappa shape index (κ2) is 9.71. The molecule has 0 atom stereocenters. The Balaban J connectivity index is 1.69. The Labute approximate surface area is 179 Å². The maximum atomic E-state index is 12.7. The molecular weight excluding hydrogens is 396 g/mol. The Bertz CT molecular complexity index is 1180. The van der Waals surface area contributed by atoms with Crippen molar-refractivity contribution in [3.8, 4) is 0 Å². The van der Waals surface area contributed by atoms with Crippen molar-refractivity contribution in [2.45, 2.75) is 19.5 Å². The highest BCUT2D eigenvalue weighted by Gasteiger charge is 2.11. The molecule has 1 heterocycles. The number of rotatable bonds is 7. The lowest BCUT2D eigenvalue weighted by Gasteiger charge is -2.12. The van der Waals surface area contributed by atoms with Crippen LogP contribution >= 0.6 is 0 Å². The molecule has 1 N–H and O–H groups in total. The summed E-state index contributed by atoms with van der Waals surface area (Å²) in [5.41, 5.74) is 1.15. The van der Waals surface area contributed by atoms with Crippen LogP contribution in [0.15, 0.2) is 76.4 Å². The van der Waals surface area contributed by atoms with Gasteiger partial charge in [-0.3, -0.25) is 23.5 Å². The highest BCUT2D eigenvalue weighted by Crippen LogP contribution is 2.11. The molecule has 3 rings (SSSR count). The topological polar surface area (TPSA) is 93.4 Å². The molecule has 0 radical (unpaired) electrons. The van der Waals surface area contributed by atoms with Gasteiger partial charge in [-0.05, 0) is 23.3 Å². The molecule has 0 saturated heterocycles. The van der Waals surface area contributed by atoms with Gasteiger partial charge in [0.15, 0.2) is 0 Å². The normalized spacial score (nSPS) is 10.5. The van der Waals surface area contributed by atoms with E-state index < -0.39 is 23.7 Å². The number of likely N-dealkylation sites (N-methyl/N-ethyl adjacent to an activating group) is 1. The van der Waals surface area contributed by atoms with Crippen LogP contribution in [-0.2, 0) is 29.1 Å². The first-order valence-corrected chi connectivity index (χ1v) is 9.76. The van der Waals surface area contributed by atoms with Crippen LogP contribution in [0.3, 0.4) is 0 Å². The largest absolute Gasteiger partial charge is 0.349 e. The average molecular weight is 420 g/mol. The number of anilines is 1. The molecule has 0 aliphatic rings. The number of hydrogen-bond acceptors (Lipinski definition) is 4. The molecule has 8 nitrogen and oxygen atoms in total. The first-order chi connectivity index (χ1) is 14.8. The summed E-state index contributed by atoms with van der Waals surface area (Å²) in [6.45, 7) is -0.0944. The molecule has 0 spiro atoms. The number of hydrogen-bond donors (Lipinski definition) is 1. The minimum absolute atomic E-state index is 0.0213. The fourth-order valence-corrected chi connectivity index (χ4v) is 2.99. The average Bonchev–Trinajstić information content (AvgIpc) is 2.75. The first-order valence-electron chi connectivity index (χ1n) is 9.76.